The molecular weight excluding hydrogens is 316 g/mol. The third kappa shape index (κ3) is 4.20. The van der Waals surface area contributed by atoms with Crippen molar-refractivity contribution >= 4 is 15.9 Å². The fourth-order valence-electron chi connectivity index (χ4n) is 2.31. The molecule has 1 heterocycles. The van der Waals surface area contributed by atoms with Crippen LogP contribution in [0.5, 0.6) is 0 Å². The van der Waals surface area contributed by atoms with Crippen molar-refractivity contribution in [3.8, 4) is 0 Å². The van der Waals surface area contributed by atoms with Crippen LogP contribution in [-0.2, 0) is 6.54 Å². The summed E-state index contributed by atoms with van der Waals surface area (Å²) >= 11 is 3.62. The molecule has 3 nitrogen and oxygen atoms in total. The van der Waals surface area contributed by atoms with Crippen molar-refractivity contribution < 1.29 is 4.42 Å². The second-order valence-corrected chi connectivity index (χ2v) is 5.82. The number of hydrogen-bond acceptors (Lipinski definition) is 3. The van der Waals surface area contributed by atoms with Crippen LogP contribution >= 0.6 is 15.9 Å². The molecular formula is C16H21BrN2O. The van der Waals surface area contributed by atoms with Crippen molar-refractivity contribution in [3.05, 3.63) is 58.5 Å². The van der Waals surface area contributed by atoms with E-state index >= 15 is 0 Å². The monoisotopic (exact) mass is 336 g/mol. The normalized spacial score (nSPS) is 12.8. The fourth-order valence-corrected chi connectivity index (χ4v) is 2.87. The smallest absolute Gasteiger partial charge is 0.117 e. The molecule has 1 N–H and O–H groups in total. The molecule has 0 aliphatic rings. The Morgan fingerprint density at radius 3 is 2.70 bits per heavy atom. The predicted octanol–water partition coefficient (Wildman–Crippen LogP) is 3.82. The van der Waals surface area contributed by atoms with Gasteiger partial charge in [-0.25, -0.2) is 0 Å². The van der Waals surface area contributed by atoms with E-state index in [0.717, 1.165) is 29.7 Å². The third-order valence-corrected chi connectivity index (χ3v) is 4.16. The molecule has 108 valence electrons. The average molecular weight is 337 g/mol. The van der Waals surface area contributed by atoms with Gasteiger partial charge in [0.15, 0.2) is 0 Å². The number of furan rings is 1. The standard InChI is InChI=1S/C16H21BrN2O/c1-18-16(14-7-3-4-8-15(14)17)9-10-19(2)12-13-6-5-11-20-13/h3-8,11,16,18H,9-10,12H2,1-2H3. The summed E-state index contributed by atoms with van der Waals surface area (Å²) in [5.41, 5.74) is 1.31. The van der Waals surface area contributed by atoms with Crippen LogP contribution in [0.3, 0.4) is 0 Å². The predicted molar refractivity (Wildman–Crippen MR) is 85.6 cm³/mol. The Balaban J connectivity index is 1.89. The van der Waals surface area contributed by atoms with Crippen LogP contribution in [0.15, 0.2) is 51.6 Å². The molecule has 4 heteroatoms. The number of hydrogen-bond donors (Lipinski definition) is 1. The molecule has 0 radical (unpaired) electrons. The van der Waals surface area contributed by atoms with Crippen molar-refractivity contribution in [2.24, 2.45) is 0 Å². The maximum Gasteiger partial charge on any atom is 0.117 e. The van der Waals surface area contributed by atoms with Crippen molar-refractivity contribution in [2.45, 2.75) is 19.0 Å². The van der Waals surface area contributed by atoms with Crippen LogP contribution < -0.4 is 5.32 Å². The van der Waals surface area contributed by atoms with Crippen molar-refractivity contribution in [3.63, 3.8) is 0 Å². The van der Waals surface area contributed by atoms with Gasteiger partial charge in [-0.15, -0.1) is 0 Å². The van der Waals surface area contributed by atoms with Crippen LogP contribution in [0.2, 0.25) is 0 Å². The van der Waals surface area contributed by atoms with Gasteiger partial charge in [0.25, 0.3) is 0 Å². The lowest BCUT2D eigenvalue weighted by atomic mass is 10.0. The van der Waals surface area contributed by atoms with Gasteiger partial charge in [-0.1, -0.05) is 34.1 Å². The molecule has 0 saturated carbocycles. The van der Waals surface area contributed by atoms with E-state index in [0.29, 0.717) is 6.04 Å². The highest BCUT2D eigenvalue weighted by molar-refractivity contribution is 9.10. The van der Waals surface area contributed by atoms with Crippen molar-refractivity contribution in [1.82, 2.24) is 10.2 Å². The molecule has 0 amide bonds. The van der Waals surface area contributed by atoms with E-state index in [9.17, 15) is 0 Å². The summed E-state index contributed by atoms with van der Waals surface area (Å²) in [5.74, 6) is 1.01. The Morgan fingerprint density at radius 1 is 1.25 bits per heavy atom. The molecule has 0 aliphatic carbocycles. The Morgan fingerprint density at radius 2 is 2.05 bits per heavy atom. The van der Waals surface area contributed by atoms with Gasteiger partial charge in [-0.2, -0.15) is 0 Å². The summed E-state index contributed by atoms with van der Waals surface area (Å²) in [6, 6.07) is 12.7. The van der Waals surface area contributed by atoms with Crippen LogP contribution in [0.1, 0.15) is 23.8 Å². The number of nitrogens with zero attached hydrogens (tertiary/aromatic N) is 1. The maximum atomic E-state index is 5.38. The molecule has 2 aromatic rings. The molecule has 0 spiro atoms. The Bertz CT molecular complexity index is 513. The lowest BCUT2D eigenvalue weighted by molar-refractivity contribution is 0.278. The van der Waals surface area contributed by atoms with E-state index in [2.05, 4.69) is 51.4 Å². The fraction of sp³-hybridized carbons (Fsp3) is 0.375. The molecule has 1 aromatic carbocycles. The second-order valence-electron chi connectivity index (χ2n) is 4.97. The summed E-state index contributed by atoms with van der Waals surface area (Å²) in [6.45, 7) is 1.85. The Labute approximate surface area is 129 Å². The molecule has 2 rings (SSSR count). The minimum Gasteiger partial charge on any atom is -0.468 e. The van der Waals surface area contributed by atoms with E-state index in [4.69, 9.17) is 4.42 Å². The first-order chi connectivity index (χ1) is 9.70. The zero-order chi connectivity index (χ0) is 14.4. The van der Waals surface area contributed by atoms with E-state index in [1.54, 1.807) is 6.26 Å². The van der Waals surface area contributed by atoms with Gasteiger partial charge in [0, 0.05) is 17.1 Å². The van der Waals surface area contributed by atoms with Crippen molar-refractivity contribution in [2.75, 3.05) is 20.6 Å². The molecule has 20 heavy (non-hydrogen) atoms. The van der Waals surface area contributed by atoms with Gasteiger partial charge >= 0.3 is 0 Å². The largest absolute Gasteiger partial charge is 0.468 e. The van der Waals surface area contributed by atoms with E-state index in [1.807, 2.05) is 25.2 Å². The quantitative estimate of drug-likeness (QED) is 0.832. The number of benzene rings is 1. The van der Waals surface area contributed by atoms with Crippen molar-refractivity contribution in [1.29, 1.82) is 0 Å². The summed E-state index contributed by atoms with van der Waals surface area (Å²) in [7, 11) is 4.13. The van der Waals surface area contributed by atoms with Crippen LogP contribution in [-0.4, -0.2) is 25.5 Å². The summed E-state index contributed by atoms with van der Waals surface area (Å²) in [6.07, 6.45) is 2.77. The lowest BCUT2D eigenvalue weighted by Crippen LogP contribution is -2.25. The van der Waals surface area contributed by atoms with Crippen LogP contribution in [0.4, 0.5) is 0 Å². The van der Waals surface area contributed by atoms with Crippen LogP contribution in [0.25, 0.3) is 0 Å². The molecule has 1 atom stereocenters. The van der Waals surface area contributed by atoms with Gasteiger partial charge in [0.2, 0.25) is 0 Å². The maximum absolute atomic E-state index is 5.38. The molecule has 0 bridgehead atoms. The SMILES string of the molecule is CNC(CCN(C)Cc1ccco1)c1ccccc1Br. The van der Waals surface area contributed by atoms with Gasteiger partial charge < -0.3 is 9.73 Å². The summed E-state index contributed by atoms with van der Waals surface area (Å²) in [5, 5.41) is 3.39. The highest BCUT2D eigenvalue weighted by Crippen LogP contribution is 2.25. The van der Waals surface area contributed by atoms with E-state index < -0.39 is 0 Å². The highest BCUT2D eigenvalue weighted by Gasteiger charge is 2.13. The average Bonchev–Trinajstić information content (AvgIpc) is 2.94. The first-order valence-electron chi connectivity index (χ1n) is 6.83. The topological polar surface area (TPSA) is 28.4 Å². The number of nitrogens with one attached hydrogen (secondary N) is 1. The van der Waals surface area contributed by atoms with Gasteiger partial charge in [-0.05, 0) is 44.3 Å². The zero-order valence-electron chi connectivity index (χ0n) is 12.0. The minimum atomic E-state index is 0.352. The number of rotatable bonds is 7. The molecule has 1 unspecified atom stereocenters. The summed E-state index contributed by atoms with van der Waals surface area (Å²) in [4.78, 5) is 2.28. The number of halogens is 1. The molecule has 0 fully saturated rings. The zero-order valence-corrected chi connectivity index (χ0v) is 13.6. The van der Waals surface area contributed by atoms with Gasteiger partial charge in [0.05, 0.1) is 12.8 Å². The van der Waals surface area contributed by atoms with E-state index in [-0.39, 0.29) is 0 Å². The first kappa shape index (κ1) is 15.3. The molecule has 1 aromatic heterocycles. The molecule has 0 saturated heterocycles. The highest BCUT2D eigenvalue weighted by atomic mass is 79.9. The first-order valence-corrected chi connectivity index (χ1v) is 7.62. The summed E-state index contributed by atoms with van der Waals surface area (Å²) < 4.78 is 6.54. The lowest BCUT2D eigenvalue weighted by Gasteiger charge is -2.22. The minimum absolute atomic E-state index is 0.352. The Hall–Kier alpha value is -1.10. The second kappa shape index (κ2) is 7.62. The van der Waals surface area contributed by atoms with Crippen LogP contribution in [0, 0.1) is 0 Å². The Kier molecular flexibility index (Phi) is 5.83. The third-order valence-electron chi connectivity index (χ3n) is 3.43. The van der Waals surface area contributed by atoms with Gasteiger partial charge in [-0.3, -0.25) is 4.90 Å². The van der Waals surface area contributed by atoms with Gasteiger partial charge in [0.1, 0.15) is 5.76 Å². The molecule has 0 aliphatic heterocycles. The van der Waals surface area contributed by atoms with E-state index in [1.165, 1.54) is 5.56 Å².